The van der Waals surface area contributed by atoms with Gasteiger partial charge in [0.2, 0.25) is 5.91 Å². The van der Waals surface area contributed by atoms with Crippen molar-refractivity contribution in [3.8, 4) is 0 Å². The largest absolute Gasteiger partial charge is 0.354 e. The second-order valence-electron chi connectivity index (χ2n) is 7.24. The topological polar surface area (TPSA) is 56.8 Å². The highest BCUT2D eigenvalue weighted by molar-refractivity contribution is 6.23. The first-order chi connectivity index (χ1) is 13.1. The van der Waals surface area contributed by atoms with Gasteiger partial charge in [0.25, 0.3) is 5.91 Å². The van der Waals surface area contributed by atoms with Crippen molar-refractivity contribution in [3.05, 3.63) is 53.7 Å². The zero-order chi connectivity index (χ0) is 19.0. The fourth-order valence-corrected chi connectivity index (χ4v) is 4.10. The van der Waals surface area contributed by atoms with Gasteiger partial charge >= 0.3 is 0 Å². The first-order valence-electron chi connectivity index (χ1n) is 9.39. The molecular weight excluding hydrogens is 340 g/mol. The van der Waals surface area contributed by atoms with Gasteiger partial charge in [-0.1, -0.05) is 24.3 Å². The number of aryl methyl sites for hydroxylation is 2. The van der Waals surface area contributed by atoms with E-state index in [1.807, 2.05) is 50.2 Å². The number of para-hydroxylation sites is 1. The van der Waals surface area contributed by atoms with Crippen LogP contribution in [0.15, 0.2) is 42.6 Å². The van der Waals surface area contributed by atoms with Crippen LogP contribution >= 0.6 is 0 Å². The van der Waals surface area contributed by atoms with E-state index in [1.54, 1.807) is 6.20 Å². The quantitative estimate of drug-likeness (QED) is 0.781. The molecular formula is C21H24N4O2. The molecule has 6 heteroatoms. The fourth-order valence-electron chi connectivity index (χ4n) is 4.10. The van der Waals surface area contributed by atoms with Crippen LogP contribution < -0.4 is 9.80 Å². The summed E-state index contributed by atoms with van der Waals surface area (Å²) < 4.78 is 0. The minimum atomic E-state index is -0.359. The molecule has 2 fully saturated rings. The number of carbonyl (C=O) groups is 2. The number of piperazine rings is 1. The standard InChI is InChI=1S/C21H24N4O2/c1-15-6-5-7-16(2)20(15)25-19(26)14-17(21(25)27)23-10-12-24(13-11-23)18-8-3-4-9-22-18/h3-9,17H,10-14H2,1-2H3/t17-/m1/s1. The highest BCUT2D eigenvalue weighted by Crippen LogP contribution is 2.31. The maximum atomic E-state index is 13.1. The molecule has 2 aromatic rings. The van der Waals surface area contributed by atoms with Gasteiger partial charge in [-0.3, -0.25) is 14.5 Å². The molecule has 0 unspecified atom stereocenters. The van der Waals surface area contributed by atoms with Gasteiger partial charge in [-0.2, -0.15) is 0 Å². The van der Waals surface area contributed by atoms with Crippen molar-refractivity contribution in [1.29, 1.82) is 0 Å². The third kappa shape index (κ3) is 3.21. The molecule has 1 aromatic carbocycles. The summed E-state index contributed by atoms with van der Waals surface area (Å²) in [6, 6.07) is 11.4. The van der Waals surface area contributed by atoms with Gasteiger partial charge in [0, 0.05) is 32.4 Å². The number of amides is 2. The molecule has 1 atom stereocenters. The van der Waals surface area contributed by atoms with E-state index in [9.17, 15) is 9.59 Å². The lowest BCUT2D eigenvalue weighted by Crippen LogP contribution is -2.52. The van der Waals surface area contributed by atoms with Crippen LogP contribution in [0.3, 0.4) is 0 Å². The molecule has 0 bridgehead atoms. The smallest absolute Gasteiger partial charge is 0.251 e. The molecule has 6 nitrogen and oxygen atoms in total. The number of benzene rings is 1. The van der Waals surface area contributed by atoms with Gasteiger partial charge in [0.1, 0.15) is 5.82 Å². The summed E-state index contributed by atoms with van der Waals surface area (Å²) in [5.74, 6) is 0.765. The molecule has 0 aliphatic carbocycles. The maximum Gasteiger partial charge on any atom is 0.251 e. The minimum Gasteiger partial charge on any atom is -0.354 e. The third-order valence-corrected chi connectivity index (χ3v) is 5.51. The van der Waals surface area contributed by atoms with E-state index in [4.69, 9.17) is 0 Å². The Morgan fingerprint density at radius 1 is 0.926 bits per heavy atom. The van der Waals surface area contributed by atoms with Crippen LogP contribution in [0.25, 0.3) is 0 Å². The molecule has 2 amide bonds. The zero-order valence-corrected chi connectivity index (χ0v) is 15.8. The number of nitrogens with zero attached hydrogens (tertiary/aromatic N) is 4. The second-order valence-corrected chi connectivity index (χ2v) is 7.24. The Bertz CT molecular complexity index is 839. The molecule has 0 saturated carbocycles. The predicted molar refractivity (Wildman–Crippen MR) is 105 cm³/mol. The van der Waals surface area contributed by atoms with Crippen molar-refractivity contribution >= 4 is 23.3 Å². The Morgan fingerprint density at radius 3 is 2.26 bits per heavy atom. The summed E-state index contributed by atoms with van der Waals surface area (Å²) in [4.78, 5) is 36.0. The molecule has 27 heavy (non-hydrogen) atoms. The molecule has 3 heterocycles. The maximum absolute atomic E-state index is 13.1. The highest BCUT2D eigenvalue weighted by atomic mass is 16.2. The molecule has 1 aromatic heterocycles. The number of anilines is 2. The van der Waals surface area contributed by atoms with Crippen LogP contribution in [0.4, 0.5) is 11.5 Å². The van der Waals surface area contributed by atoms with Crippen molar-refractivity contribution in [2.45, 2.75) is 26.3 Å². The predicted octanol–water partition coefficient (Wildman–Crippen LogP) is 2.15. The van der Waals surface area contributed by atoms with Crippen molar-refractivity contribution in [2.24, 2.45) is 0 Å². The highest BCUT2D eigenvalue weighted by Gasteiger charge is 2.44. The molecule has 4 rings (SSSR count). The molecule has 0 spiro atoms. The SMILES string of the molecule is Cc1cccc(C)c1N1C(=O)C[C@@H](N2CCN(c3ccccn3)CC2)C1=O. The number of hydrogen-bond donors (Lipinski definition) is 0. The van der Waals surface area contributed by atoms with Crippen LogP contribution in [-0.2, 0) is 9.59 Å². The van der Waals surface area contributed by atoms with Gasteiger partial charge in [-0.25, -0.2) is 9.88 Å². The Hall–Kier alpha value is -2.73. The molecule has 2 saturated heterocycles. The molecule has 140 valence electrons. The van der Waals surface area contributed by atoms with Gasteiger partial charge in [-0.05, 0) is 37.1 Å². The Balaban J connectivity index is 1.49. The first kappa shape index (κ1) is 17.7. The van der Waals surface area contributed by atoms with Crippen LogP contribution in [-0.4, -0.2) is 53.9 Å². The number of pyridine rings is 1. The van der Waals surface area contributed by atoms with Gasteiger partial charge < -0.3 is 4.90 Å². The number of imide groups is 1. The lowest BCUT2D eigenvalue weighted by molar-refractivity contribution is -0.123. The van der Waals surface area contributed by atoms with E-state index < -0.39 is 0 Å². The second kappa shape index (κ2) is 7.12. The summed E-state index contributed by atoms with van der Waals surface area (Å²) in [7, 11) is 0. The normalized spacial score (nSPS) is 21.2. The van der Waals surface area contributed by atoms with Crippen molar-refractivity contribution in [2.75, 3.05) is 36.0 Å². The van der Waals surface area contributed by atoms with Crippen LogP contribution in [0.5, 0.6) is 0 Å². The monoisotopic (exact) mass is 364 g/mol. The van der Waals surface area contributed by atoms with Crippen molar-refractivity contribution in [3.63, 3.8) is 0 Å². The fraction of sp³-hybridized carbons (Fsp3) is 0.381. The van der Waals surface area contributed by atoms with Crippen LogP contribution in [0, 0.1) is 13.8 Å². The summed E-state index contributed by atoms with van der Waals surface area (Å²) in [5.41, 5.74) is 2.66. The first-order valence-corrected chi connectivity index (χ1v) is 9.39. The molecule has 2 aliphatic heterocycles. The van der Waals surface area contributed by atoms with Crippen LogP contribution in [0.2, 0.25) is 0 Å². The summed E-state index contributed by atoms with van der Waals surface area (Å²) >= 11 is 0. The number of rotatable bonds is 3. The van der Waals surface area contributed by atoms with Crippen molar-refractivity contribution < 1.29 is 9.59 Å². The average molecular weight is 364 g/mol. The zero-order valence-electron chi connectivity index (χ0n) is 15.8. The van der Waals surface area contributed by atoms with Gasteiger partial charge in [0.15, 0.2) is 0 Å². The Kier molecular flexibility index (Phi) is 4.66. The minimum absolute atomic E-state index is 0.0938. The van der Waals surface area contributed by atoms with Crippen LogP contribution in [0.1, 0.15) is 17.5 Å². The summed E-state index contributed by atoms with van der Waals surface area (Å²) in [5, 5.41) is 0. The number of hydrogen-bond acceptors (Lipinski definition) is 5. The third-order valence-electron chi connectivity index (χ3n) is 5.51. The number of carbonyl (C=O) groups excluding carboxylic acids is 2. The van der Waals surface area contributed by atoms with Crippen molar-refractivity contribution in [1.82, 2.24) is 9.88 Å². The lowest BCUT2D eigenvalue weighted by atomic mass is 10.1. The van der Waals surface area contributed by atoms with E-state index in [2.05, 4.69) is 14.8 Å². The van der Waals surface area contributed by atoms with E-state index in [1.165, 1.54) is 4.90 Å². The molecule has 2 aliphatic rings. The Labute approximate surface area is 159 Å². The van der Waals surface area contributed by atoms with Gasteiger partial charge in [-0.15, -0.1) is 0 Å². The van der Waals surface area contributed by atoms with E-state index in [0.29, 0.717) is 0 Å². The molecule has 0 radical (unpaired) electrons. The molecule has 0 N–H and O–H groups in total. The number of aromatic nitrogens is 1. The van der Waals surface area contributed by atoms with Gasteiger partial charge in [0.05, 0.1) is 18.2 Å². The van der Waals surface area contributed by atoms with E-state index >= 15 is 0 Å². The summed E-state index contributed by atoms with van der Waals surface area (Å²) in [6.45, 7) is 7.00. The van der Waals surface area contributed by atoms with E-state index in [0.717, 1.165) is 48.8 Å². The van der Waals surface area contributed by atoms with E-state index in [-0.39, 0.29) is 24.3 Å². The summed E-state index contributed by atoms with van der Waals surface area (Å²) in [6.07, 6.45) is 2.06. The Morgan fingerprint density at radius 2 is 1.63 bits per heavy atom. The lowest BCUT2D eigenvalue weighted by Gasteiger charge is -2.37. The average Bonchev–Trinajstić information content (AvgIpc) is 2.97.